The SMILES string of the molecule is CCN1CCC(c2cn3c(n2)CC(C)CC3)C1. The van der Waals surface area contributed by atoms with E-state index in [4.69, 9.17) is 4.98 Å². The lowest BCUT2D eigenvalue weighted by atomic mass is 10.0. The molecule has 2 unspecified atom stereocenters. The number of hydrogen-bond acceptors (Lipinski definition) is 2. The smallest absolute Gasteiger partial charge is 0.109 e. The summed E-state index contributed by atoms with van der Waals surface area (Å²) in [7, 11) is 0. The molecule has 0 bridgehead atoms. The topological polar surface area (TPSA) is 21.1 Å². The molecule has 3 nitrogen and oxygen atoms in total. The Morgan fingerprint density at radius 1 is 1.35 bits per heavy atom. The van der Waals surface area contributed by atoms with Gasteiger partial charge in [0.25, 0.3) is 0 Å². The van der Waals surface area contributed by atoms with Crippen LogP contribution in [0.5, 0.6) is 0 Å². The number of aryl methyl sites for hydroxylation is 1. The van der Waals surface area contributed by atoms with Crippen LogP contribution in [0.3, 0.4) is 0 Å². The Bertz CT molecular complexity index is 396. The molecule has 0 N–H and O–H groups in total. The molecule has 1 saturated heterocycles. The van der Waals surface area contributed by atoms with Crippen molar-refractivity contribution in [3.8, 4) is 0 Å². The van der Waals surface area contributed by atoms with E-state index in [2.05, 4.69) is 29.5 Å². The van der Waals surface area contributed by atoms with Crippen molar-refractivity contribution in [1.82, 2.24) is 14.5 Å². The van der Waals surface area contributed by atoms with Crippen LogP contribution in [0, 0.1) is 5.92 Å². The van der Waals surface area contributed by atoms with Gasteiger partial charge in [-0.05, 0) is 31.8 Å². The Morgan fingerprint density at radius 2 is 2.24 bits per heavy atom. The summed E-state index contributed by atoms with van der Waals surface area (Å²) in [6, 6.07) is 0. The summed E-state index contributed by atoms with van der Waals surface area (Å²) in [5.41, 5.74) is 1.35. The Kier molecular flexibility index (Phi) is 2.95. The van der Waals surface area contributed by atoms with Gasteiger partial charge in [0.1, 0.15) is 5.82 Å². The normalized spacial score (nSPS) is 29.5. The summed E-state index contributed by atoms with van der Waals surface area (Å²) in [6.07, 6.45) is 6.10. The zero-order valence-electron chi connectivity index (χ0n) is 11.0. The summed E-state index contributed by atoms with van der Waals surface area (Å²) < 4.78 is 2.39. The predicted octanol–water partition coefficient (Wildman–Crippen LogP) is 2.27. The Morgan fingerprint density at radius 3 is 3.00 bits per heavy atom. The molecule has 3 heterocycles. The van der Waals surface area contributed by atoms with E-state index in [-0.39, 0.29) is 0 Å². The van der Waals surface area contributed by atoms with Crippen molar-refractivity contribution in [1.29, 1.82) is 0 Å². The molecule has 2 aliphatic heterocycles. The van der Waals surface area contributed by atoms with Crippen molar-refractivity contribution in [3.05, 3.63) is 17.7 Å². The third kappa shape index (κ3) is 2.13. The Hall–Kier alpha value is -0.830. The van der Waals surface area contributed by atoms with E-state index in [0.717, 1.165) is 5.92 Å². The van der Waals surface area contributed by atoms with E-state index in [1.165, 1.54) is 57.0 Å². The van der Waals surface area contributed by atoms with Crippen LogP contribution >= 0.6 is 0 Å². The first-order valence-corrected chi connectivity index (χ1v) is 7.04. The molecule has 0 amide bonds. The van der Waals surface area contributed by atoms with Gasteiger partial charge in [-0.3, -0.25) is 0 Å². The van der Waals surface area contributed by atoms with Crippen molar-refractivity contribution in [2.24, 2.45) is 5.92 Å². The molecule has 0 aromatic carbocycles. The largest absolute Gasteiger partial charge is 0.335 e. The Labute approximate surface area is 104 Å². The standard InChI is InChI=1S/C14H23N3/c1-3-16-6-5-12(9-16)13-10-17-7-4-11(2)8-14(17)15-13/h10-12H,3-9H2,1-2H3. The maximum atomic E-state index is 4.89. The zero-order valence-corrected chi connectivity index (χ0v) is 11.0. The van der Waals surface area contributed by atoms with Gasteiger partial charge in [0.2, 0.25) is 0 Å². The van der Waals surface area contributed by atoms with Gasteiger partial charge < -0.3 is 9.47 Å². The van der Waals surface area contributed by atoms with E-state index < -0.39 is 0 Å². The molecule has 0 spiro atoms. The molecular formula is C14H23N3. The molecule has 0 radical (unpaired) electrons. The summed E-state index contributed by atoms with van der Waals surface area (Å²) in [4.78, 5) is 7.42. The van der Waals surface area contributed by atoms with Crippen molar-refractivity contribution >= 4 is 0 Å². The highest BCUT2D eigenvalue weighted by atomic mass is 15.2. The van der Waals surface area contributed by atoms with Gasteiger partial charge in [0, 0.05) is 31.6 Å². The predicted molar refractivity (Wildman–Crippen MR) is 69.2 cm³/mol. The van der Waals surface area contributed by atoms with E-state index >= 15 is 0 Å². The van der Waals surface area contributed by atoms with Gasteiger partial charge in [-0.15, -0.1) is 0 Å². The average Bonchev–Trinajstić information content (AvgIpc) is 2.93. The first-order chi connectivity index (χ1) is 8.26. The summed E-state index contributed by atoms with van der Waals surface area (Å²) in [5.74, 6) is 2.82. The number of rotatable bonds is 2. The minimum absolute atomic E-state index is 0.684. The lowest BCUT2D eigenvalue weighted by molar-refractivity contribution is 0.353. The van der Waals surface area contributed by atoms with Gasteiger partial charge in [-0.2, -0.15) is 0 Å². The lowest BCUT2D eigenvalue weighted by Crippen LogP contribution is -2.19. The maximum absolute atomic E-state index is 4.89. The fraction of sp³-hybridized carbons (Fsp3) is 0.786. The number of likely N-dealkylation sites (N-methyl/N-ethyl adjacent to an activating group) is 1. The number of nitrogens with zero attached hydrogens (tertiary/aromatic N) is 3. The summed E-state index contributed by atoms with van der Waals surface area (Å²) in [6.45, 7) is 9.41. The molecule has 1 aromatic heterocycles. The highest BCUT2D eigenvalue weighted by Gasteiger charge is 2.26. The molecule has 17 heavy (non-hydrogen) atoms. The molecule has 1 fully saturated rings. The van der Waals surface area contributed by atoms with Crippen LogP contribution < -0.4 is 0 Å². The van der Waals surface area contributed by atoms with E-state index in [1.807, 2.05) is 0 Å². The molecule has 3 heteroatoms. The molecular weight excluding hydrogens is 210 g/mol. The second kappa shape index (κ2) is 4.45. The maximum Gasteiger partial charge on any atom is 0.109 e. The van der Waals surface area contributed by atoms with Crippen LogP contribution in [0.4, 0.5) is 0 Å². The van der Waals surface area contributed by atoms with E-state index in [1.54, 1.807) is 0 Å². The third-order valence-electron chi connectivity index (χ3n) is 4.41. The molecule has 3 rings (SSSR count). The summed E-state index contributed by atoms with van der Waals surface area (Å²) >= 11 is 0. The van der Waals surface area contributed by atoms with Gasteiger partial charge in [0.15, 0.2) is 0 Å². The average molecular weight is 233 g/mol. The number of imidazole rings is 1. The number of aromatic nitrogens is 2. The molecule has 2 atom stereocenters. The van der Waals surface area contributed by atoms with Crippen LogP contribution in [0.15, 0.2) is 6.20 Å². The molecule has 0 saturated carbocycles. The molecule has 0 aliphatic carbocycles. The molecule has 2 aliphatic rings. The quantitative estimate of drug-likeness (QED) is 0.781. The zero-order chi connectivity index (χ0) is 11.8. The monoisotopic (exact) mass is 233 g/mol. The number of likely N-dealkylation sites (tertiary alicyclic amines) is 1. The second-order valence-corrected chi connectivity index (χ2v) is 5.75. The minimum Gasteiger partial charge on any atom is -0.335 e. The highest BCUT2D eigenvalue weighted by Crippen LogP contribution is 2.28. The number of fused-ring (bicyclic) bond motifs is 1. The van der Waals surface area contributed by atoms with Gasteiger partial charge in [-0.25, -0.2) is 4.98 Å². The van der Waals surface area contributed by atoms with E-state index in [9.17, 15) is 0 Å². The van der Waals surface area contributed by atoms with Crippen molar-refractivity contribution in [2.75, 3.05) is 19.6 Å². The van der Waals surface area contributed by atoms with Crippen molar-refractivity contribution in [3.63, 3.8) is 0 Å². The fourth-order valence-electron chi connectivity index (χ4n) is 3.16. The lowest BCUT2D eigenvalue weighted by Gasteiger charge is -2.18. The van der Waals surface area contributed by atoms with Crippen LogP contribution in [0.25, 0.3) is 0 Å². The van der Waals surface area contributed by atoms with Crippen molar-refractivity contribution in [2.45, 2.75) is 45.6 Å². The Balaban J connectivity index is 1.76. The number of hydrogen-bond donors (Lipinski definition) is 0. The highest BCUT2D eigenvalue weighted by molar-refractivity contribution is 5.13. The van der Waals surface area contributed by atoms with E-state index in [0.29, 0.717) is 5.92 Å². The fourth-order valence-corrected chi connectivity index (χ4v) is 3.16. The van der Waals surface area contributed by atoms with Crippen LogP contribution in [0.1, 0.15) is 44.1 Å². The van der Waals surface area contributed by atoms with Crippen LogP contribution in [-0.4, -0.2) is 34.1 Å². The van der Waals surface area contributed by atoms with Gasteiger partial charge in [-0.1, -0.05) is 13.8 Å². The van der Waals surface area contributed by atoms with Crippen LogP contribution in [-0.2, 0) is 13.0 Å². The minimum atomic E-state index is 0.684. The molecule has 94 valence electrons. The van der Waals surface area contributed by atoms with Crippen LogP contribution in [0.2, 0.25) is 0 Å². The first kappa shape index (κ1) is 11.3. The van der Waals surface area contributed by atoms with Gasteiger partial charge in [0.05, 0.1) is 5.69 Å². The first-order valence-electron chi connectivity index (χ1n) is 7.04. The second-order valence-electron chi connectivity index (χ2n) is 5.75. The van der Waals surface area contributed by atoms with Gasteiger partial charge >= 0.3 is 0 Å². The summed E-state index contributed by atoms with van der Waals surface area (Å²) in [5, 5.41) is 0. The molecule has 1 aromatic rings. The third-order valence-corrected chi connectivity index (χ3v) is 4.41. The van der Waals surface area contributed by atoms with Crippen molar-refractivity contribution < 1.29 is 0 Å².